The number of rotatable bonds is 14. The van der Waals surface area contributed by atoms with E-state index in [-0.39, 0.29) is 19.1 Å². The van der Waals surface area contributed by atoms with Crippen molar-refractivity contribution >= 4 is 12.2 Å². The van der Waals surface area contributed by atoms with E-state index in [9.17, 15) is 9.59 Å². The van der Waals surface area contributed by atoms with Gasteiger partial charge in [-0.15, -0.1) is 0 Å². The zero-order valence-corrected chi connectivity index (χ0v) is 11.7. The molecule has 1 unspecified atom stereocenters. The summed E-state index contributed by atoms with van der Waals surface area (Å²) in [5, 5.41) is 11.8. The minimum Gasteiger partial charge on any atom is -0.395 e. The predicted octanol–water partition coefficient (Wildman–Crippen LogP) is 1.46. The SMILES string of the molecule is [NH]C(=O)CC(CCCCCCCCC=O)NCCO. The van der Waals surface area contributed by atoms with Crippen LogP contribution in [0.3, 0.4) is 0 Å². The minimum atomic E-state index is -0.552. The van der Waals surface area contributed by atoms with E-state index >= 15 is 0 Å². The van der Waals surface area contributed by atoms with Crippen LogP contribution in [0.5, 0.6) is 0 Å². The molecule has 5 heteroatoms. The van der Waals surface area contributed by atoms with Gasteiger partial charge in [0.05, 0.1) is 6.61 Å². The average molecular weight is 271 g/mol. The first kappa shape index (κ1) is 18.1. The summed E-state index contributed by atoms with van der Waals surface area (Å²) in [7, 11) is 0. The summed E-state index contributed by atoms with van der Waals surface area (Å²) in [5.41, 5.74) is 6.98. The van der Waals surface area contributed by atoms with E-state index in [1.165, 1.54) is 0 Å². The second-order valence-corrected chi connectivity index (χ2v) is 4.87. The van der Waals surface area contributed by atoms with Gasteiger partial charge in [-0.05, 0) is 12.8 Å². The van der Waals surface area contributed by atoms with E-state index in [1.54, 1.807) is 0 Å². The Labute approximate surface area is 115 Å². The molecule has 0 saturated carbocycles. The largest absolute Gasteiger partial charge is 0.395 e. The van der Waals surface area contributed by atoms with Crippen LogP contribution >= 0.6 is 0 Å². The first-order valence-corrected chi connectivity index (χ1v) is 7.23. The molecule has 1 radical (unpaired) electrons. The molecule has 0 aliphatic heterocycles. The van der Waals surface area contributed by atoms with Crippen LogP contribution in [-0.2, 0) is 9.59 Å². The van der Waals surface area contributed by atoms with Crippen molar-refractivity contribution in [2.45, 2.75) is 63.8 Å². The Hall–Kier alpha value is -0.940. The molecule has 1 atom stereocenters. The number of carbonyl (C=O) groups is 2. The van der Waals surface area contributed by atoms with Gasteiger partial charge < -0.3 is 15.2 Å². The second-order valence-electron chi connectivity index (χ2n) is 4.87. The maximum atomic E-state index is 10.8. The van der Waals surface area contributed by atoms with Crippen molar-refractivity contribution in [1.82, 2.24) is 11.1 Å². The molecule has 0 rings (SSSR count). The van der Waals surface area contributed by atoms with Crippen LogP contribution < -0.4 is 11.1 Å². The van der Waals surface area contributed by atoms with Crippen molar-refractivity contribution in [1.29, 1.82) is 0 Å². The van der Waals surface area contributed by atoms with E-state index in [2.05, 4.69) is 5.32 Å². The molecule has 1 amide bonds. The Bertz CT molecular complexity index is 235. The molecule has 0 spiro atoms. The van der Waals surface area contributed by atoms with Gasteiger partial charge in [0.25, 0.3) is 0 Å². The predicted molar refractivity (Wildman–Crippen MR) is 74.6 cm³/mol. The number of hydrogen-bond acceptors (Lipinski definition) is 4. The van der Waals surface area contributed by atoms with Crippen molar-refractivity contribution in [3.05, 3.63) is 0 Å². The molecule has 0 aromatic carbocycles. The van der Waals surface area contributed by atoms with Gasteiger partial charge in [0.2, 0.25) is 5.91 Å². The summed E-state index contributed by atoms with van der Waals surface area (Å²) in [6, 6.07) is 0.0206. The second kappa shape index (κ2) is 13.5. The van der Waals surface area contributed by atoms with Crippen LogP contribution in [0.15, 0.2) is 0 Å². The van der Waals surface area contributed by atoms with E-state index in [4.69, 9.17) is 10.8 Å². The Morgan fingerprint density at radius 3 is 2.37 bits per heavy atom. The number of unbranched alkanes of at least 4 members (excludes halogenated alkanes) is 6. The normalized spacial score (nSPS) is 12.3. The lowest BCUT2D eigenvalue weighted by molar-refractivity contribution is -0.119. The van der Waals surface area contributed by atoms with E-state index < -0.39 is 5.91 Å². The number of aliphatic hydroxyl groups excluding tert-OH is 1. The molecule has 5 nitrogen and oxygen atoms in total. The molecule has 0 aromatic rings. The third-order valence-electron chi connectivity index (χ3n) is 3.10. The first-order chi connectivity index (χ1) is 9.20. The molecule has 0 bridgehead atoms. The Kier molecular flexibility index (Phi) is 12.8. The number of carbonyl (C=O) groups excluding carboxylic acids is 2. The third-order valence-corrected chi connectivity index (χ3v) is 3.10. The van der Waals surface area contributed by atoms with Crippen molar-refractivity contribution in [3.63, 3.8) is 0 Å². The number of hydrogen-bond donors (Lipinski definition) is 2. The highest BCUT2D eigenvalue weighted by molar-refractivity contribution is 5.73. The third kappa shape index (κ3) is 13.3. The van der Waals surface area contributed by atoms with Gasteiger partial charge in [0.15, 0.2) is 0 Å². The highest BCUT2D eigenvalue weighted by Crippen LogP contribution is 2.10. The lowest BCUT2D eigenvalue weighted by Gasteiger charge is -2.16. The minimum absolute atomic E-state index is 0.0206. The maximum Gasteiger partial charge on any atom is 0.239 e. The molecule has 0 fully saturated rings. The van der Waals surface area contributed by atoms with Gasteiger partial charge in [-0.3, -0.25) is 10.5 Å². The van der Waals surface area contributed by atoms with E-state index in [0.29, 0.717) is 13.0 Å². The number of amides is 1. The Morgan fingerprint density at radius 1 is 1.16 bits per heavy atom. The van der Waals surface area contributed by atoms with Gasteiger partial charge in [0.1, 0.15) is 6.29 Å². The topological polar surface area (TPSA) is 90.2 Å². The number of aliphatic hydroxyl groups is 1. The van der Waals surface area contributed by atoms with E-state index in [1.807, 2.05) is 0 Å². The summed E-state index contributed by atoms with van der Waals surface area (Å²) < 4.78 is 0. The van der Waals surface area contributed by atoms with Crippen molar-refractivity contribution in [3.8, 4) is 0 Å². The standard InChI is InChI=1S/C14H27N2O3/c15-14(19)12-13(16-9-11-18)8-6-4-2-1-3-5-7-10-17/h10,13,15-16,18H,1-9,11-12H2. The van der Waals surface area contributed by atoms with Crippen molar-refractivity contribution in [2.75, 3.05) is 13.2 Å². The molecule has 111 valence electrons. The van der Waals surface area contributed by atoms with Crippen LogP contribution in [-0.4, -0.2) is 36.5 Å². The molecule has 3 N–H and O–H groups in total. The maximum absolute atomic E-state index is 10.8. The summed E-state index contributed by atoms with van der Waals surface area (Å²) >= 11 is 0. The van der Waals surface area contributed by atoms with Gasteiger partial charge >= 0.3 is 0 Å². The monoisotopic (exact) mass is 271 g/mol. The highest BCUT2D eigenvalue weighted by atomic mass is 16.3. The number of nitrogens with one attached hydrogen (secondary N) is 2. The molecule has 0 aromatic heterocycles. The van der Waals surface area contributed by atoms with Crippen LogP contribution in [0, 0.1) is 0 Å². The number of aldehydes is 1. The zero-order chi connectivity index (χ0) is 14.3. The first-order valence-electron chi connectivity index (χ1n) is 7.23. The highest BCUT2D eigenvalue weighted by Gasteiger charge is 2.10. The van der Waals surface area contributed by atoms with Gasteiger partial charge in [-0.1, -0.05) is 32.1 Å². The summed E-state index contributed by atoms with van der Waals surface area (Å²) in [6.07, 6.45) is 9.27. The average Bonchev–Trinajstić information content (AvgIpc) is 2.38. The zero-order valence-electron chi connectivity index (χ0n) is 11.7. The van der Waals surface area contributed by atoms with Crippen LogP contribution in [0.2, 0.25) is 0 Å². The van der Waals surface area contributed by atoms with Crippen LogP contribution in [0.25, 0.3) is 0 Å². The quantitative estimate of drug-likeness (QED) is 0.369. The lowest BCUT2D eigenvalue weighted by atomic mass is 10.0. The fourth-order valence-corrected chi connectivity index (χ4v) is 2.09. The fourth-order valence-electron chi connectivity index (χ4n) is 2.09. The molecular formula is C14H27N2O3. The Morgan fingerprint density at radius 2 is 1.79 bits per heavy atom. The summed E-state index contributed by atoms with van der Waals surface area (Å²) in [4.78, 5) is 20.9. The summed E-state index contributed by atoms with van der Waals surface area (Å²) in [5.74, 6) is -0.552. The molecule has 0 saturated heterocycles. The molecule has 0 heterocycles. The summed E-state index contributed by atoms with van der Waals surface area (Å²) in [6.45, 7) is 0.531. The molecule has 0 aliphatic rings. The molecular weight excluding hydrogens is 244 g/mol. The Balaban J connectivity index is 3.51. The van der Waals surface area contributed by atoms with Gasteiger partial charge in [-0.25, -0.2) is 0 Å². The van der Waals surface area contributed by atoms with Crippen LogP contribution in [0.4, 0.5) is 0 Å². The lowest BCUT2D eigenvalue weighted by Crippen LogP contribution is -2.33. The van der Waals surface area contributed by atoms with E-state index in [0.717, 1.165) is 51.2 Å². The van der Waals surface area contributed by atoms with Gasteiger partial charge in [-0.2, -0.15) is 0 Å². The molecule has 19 heavy (non-hydrogen) atoms. The molecule has 0 aliphatic carbocycles. The fraction of sp³-hybridized carbons (Fsp3) is 0.857. The van der Waals surface area contributed by atoms with Crippen molar-refractivity contribution in [2.24, 2.45) is 0 Å². The van der Waals surface area contributed by atoms with Gasteiger partial charge in [0, 0.05) is 25.4 Å². The van der Waals surface area contributed by atoms with Crippen LogP contribution in [0.1, 0.15) is 57.8 Å². The van der Waals surface area contributed by atoms with Crippen molar-refractivity contribution < 1.29 is 14.7 Å². The smallest absolute Gasteiger partial charge is 0.239 e.